The van der Waals surface area contributed by atoms with Crippen LogP contribution in [0.1, 0.15) is 25.3 Å². The second-order valence-electron chi connectivity index (χ2n) is 7.80. The molecule has 0 spiro atoms. The summed E-state index contributed by atoms with van der Waals surface area (Å²) < 4.78 is 33.0. The van der Waals surface area contributed by atoms with Gasteiger partial charge in [-0.25, -0.2) is 13.4 Å². The highest BCUT2D eigenvalue weighted by molar-refractivity contribution is 7.89. The van der Waals surface area contributed by atoms with Crippen molar-refractivity contribution in [1.82, 2.24) is 9.29 Å². The number of benzene rings is 2. The molecule has 1 aliphatic rings. The molecule has 1 saturated heterocycles. The molecule has 0 unspecified atom stereocenters. The topological polar surface area (TPSA) is 71.5 Å². The van der Waals surface area contributed by atoms with Crippen LogP contribution >= 0.6 is 0 Å². The van der Waals surface area contributed by atoms with Gasteiger partial charge >= 0.3 is 0 Å². The van der Waals surface area contributed by atoms with Gasteiger partial charge in [-0.2, -0.15) is 4.31 Å². The second-order valence-corrected chi connectivity index (χ2v) is 9.74. The maximum absolute atomic E-state index is 13.0. The van der Waals surface area contributed by atoms with Gasteiger partial charge < -0.3 is 10.1 Å². The monoisotopic (exact) mass is 425 g/mol. The molecule has 0 atom stereocenters. The Bertz CT molecular complexity index is 1140. The summed E-state index contributed by atoms with van der Waals surface area (Å²) in [7, 11) is -1.81. The highest BCUT2D eigenvalue weighted by atomic mass is 32.2. The standard InChI is InChI=1S/C23H27N3O3S/c1-17-11-13-26(14-12-17)30(27,28)20-8-9-21-18(15-20)7-10-23(25-21)24-16-19-5-3-4-6-22(19)29-2/h3-10,15,17H,11-14,16H2,1-2H3,(H,24,25). The molecule has 0 saturated carbocycles. The van der Waals surface area contributed by atoms with Gasteiger partial charge in [0.2, 0.25) is 10.0 Å². The summed E-state index contributed by atoms with van der Waals surface area (Å²) in [6.45, 7) is 3.94. The number of hydrogen-bond donors (Lipinski definition) is 1. The van der Waals surface area contributed by atoms with Crippen LogP contribution in [0.2, 0.25) is 0 Å². The molecule has 0 radical (unpaired) electrons. The number of fused-ring (bicyclic) bond motifs is 1. The number of nitrogens with zero attached hydrogens (tertiary/aromatic N) is 2. The molecule has 3 aromatic rings. The van der Waals surface area contributed by atoms with Crippen LogP contribution in [0.4, 0.5) is 5.82 Å². The minimum absolute atomic E-state index is 0.334. The Kier molecular flexibility index (Phi) is 5.92. The number of methoxy groups -OCH3 is 1. The SMILES string of the molecule is COc1ccccc1CNc1ccc2cc(S(=O)(=O)N3CCC(C)CC3)ccc2n1. The van der Waals surface area contributed by atoms with Crippen LogP contribution in [-0.2, 0) is 16.6 Å². The third kappa shape index (κ3) is 4.27. The normalized spacial score (nSPS) is 15.9. The number of para-hydroxylation sites is 1. The minimum atomic E-state index is -3.46. The number of pyridine rings is 1. The van der Waals surface area contributed by atoms with Crippen molar-refractivity contribution in [2.45, 2.75) is 31.2 Å². The fraction of sp³-hybridized carbons (Fsp3) is 0.348. The summed E-state index contributed by atoms with van der Waals surface area (Å²) >= 11 is 0. The van der Waals surface area contributed by atoms with Crippen LogP contribution in [0.5, 0.6) is 5.75 Å². The largest absolute Gasteiger partial charge is 0.496 e. The fourth-order valence-electron chi connectivity index (χ4n) is 3.77. The molecule has 0 aliphatic carbocycles. The van der Waals surface area contributed by atoms with E-state index >= 15 is 0 Å². The lowest BCUT2D eigenvalue weighted by Gasteiger charge is -2.29. The van der Waals surface area contributed by atoms with Gasteiger partial charge in [-0.05, 0) is 55.2 Å². The summed E-state index contributed by atoms with van der Waals surface area (Å²) in [4.78, 5) is 4.97. The van der Waals surface area contributed by atoms with E-state index in [1.165, 1.54) is 0 Å². The number of piperidine rings is 1. The first kappa shape index (κ1) is 20.6. The average molecular weight is 426 g/mol. The lowest BCUT2D eigenvalue weighted by molar-refractivity contribution is 0.288. The Morgan fingerprint density at radius 3 is 2.63 bits per heavy atom. The molecule has 2 heterocycles. The molecule has 1 aliphatic heterocycles. The van der Waals surface area contributed by atoms with Crippen LogP contribution in [0, 0.1) is 5.92 Å². The molecule has 7 heteroatoms. The summed E-state index contributed by atoms with van der Waals surface area (Å²) in [5, 5.41) is 4.12. The van der Waals surface area contributed by atoms with Gasteiger partial charge in [0, 0.05) is 30.6 Å². The van der Waals surface area contributed by atoms with Crippen molar-refractivity contribution in [3.05, 3.63) is 60.2 Å². The summed E-state index contributed by atoms with van der Waals surface area (Å²) in [5.41, 5.74) is 1.80. The van der Waals surface area contributed by atoms with E-state index in [1.54, 1.807) is 29.6 Å². The van der Waals surface area contributed by atoms with Gasteiger partial charge in [0.15, 0.2) is 0 Å². The van der Waals surface area contributed by atoms with Crippen molar-refractivity contribution in [3.63, 3.8) is 0 Å². The molecule has 6 nitrogen and oxygen atoms in total. The zero-order valence-corrected chi connectivity index (χ0v) is 18.2. The van der Waals surface area contributed by atoms with Crippen LogP contribution in [0.15, 0.2) is 59.5 Å². The lowest BCUT2D eigenvalue weighted by Crippen LogP contribution is -2.37. The van der Waals surface area contributed by atoms with E-state index in [4.69, 9.17) is 4.74 Å². The third-order valence-electron chi connectivity index (χ3n) is 5.69. The zero-order valence-electron chi connectivity index (χ0n) is 17.3. The van der Waals surface area contributed by atoms with Gasteiger partial charge in [-0.1, -0.05) is 25.1 Å². The van der Waals surface area contributed by atoms with E-state index < -0.39 is 10.0 Å². The Balaban J connectivity index is 1.52. The molecule has 1 fully saturated rings. The van der Waals surface area contributed by atoms with Crippen molar-refractivity contribution in [2.24, 2.45) is 5.92 Å². The van der Waals surface area contributed by atoms with Gasteiger partial charge in [0.25, 0.3) is 0 Å². The lowest BCUT2D eigenvalue weighted by atomic mass is 10.0. The molecular formula is C23H27N3O3S. The highest BCUT2D eigenvalue weighted by Crippen LogP contribution is 2.26. The highest BCUT2D eigenvalue weighted by Gasteiger charge is 2.28. The first-order chi connectivity index (χ1) is 14.5. The first-order valence-electron chi connectivity index (χ1n) is 10.2. The van der Waals surface area contributed by atoms with Crippen LogP contribution < -0.4 is 10.1 Å². The summed E-state index contributed by atoms with van der Waals surface area (Å²) in [6.07, 6.45) is 1.82. The minimum Gasteiger partial charge on any atom is -0.496 e. The van der Waals surface area contributed by atoms with E-state index in [1.807, 2.05) is 36.4 Å². The number of hydrogen-bond acceptors (Lipinski definition) is 5. The number of anilines is 1. The Morgan fingerprint density at radius 2 is 1.87 bits per heavy atom. The van der Waals surface area contributed by atoms with E-state index in [9.17, 15) is 8.42 Å². The number of sulfonamides is 1. The number of rotatable bonds is 6. The van der Waals surface area contributed by atoms with E-state index in [0.29, 0.717) is 30.4 Å². The maximum atomic E-state index is 13.0. The Labute approximate surface area is 177 Å². The Morgan fingerprint density at radius 1 is 1.10 bits per heavy atom. The third-order valence-corrected chi connectivity index (χ3v) is 7.59. The summed E-state index contributed by atoms with van der Waals surface area (Å²) in [5.74, 6) is 2.14. The predicted octanol–water partition coefficient (Wildman–Crippen LogP) is 4.28. The molecule has 1 N–H and O–H groups in total. The van der Waals surface area contributed by atoms with Crippen molar-refractivity contribution in [2.75, 3.05) is 25.5 Å². The first-order valence-corrected chi connectivity index (χ1v) is 11.7. The quantitative estimate of drug-likeness (QED) is 0.638. The fourth-order valence-corrected chi connectivity index (χ4v) is 5.28. The van der Waals surface area contributed by atoms with E-state index in [0.717, 1.165) is 40.9 Å². The summed E-state index contributed by atoms with van der Waals surface area (Å²) in [6, 6.07) is 16.8. The van der Waals surface area contributed by atoms with Gasteiger partial charge in [0.05, 0.1) is 17.5 Å². The molecule has 1 aromatic heterocycles. The Hall–Kier alpha value is -2.64. The van der Waals surface area contributed by atoms with E-state index in [2.05, 4.69) is 17.2 Å². The molecule has 4 rings (SSSR count). The smallest absolute Gasteiger partial charge is 0.243 e. The van der Waals surface area contributed by atoms with Gasteiger partial charge in [-0.3, -0.25) is 0 Å². The molecular weight excluding hydrogens is 398 g/mol. The molecule has 158 valence electrons. The predicted molar refractivity (Wildman–Crippen MR) is 119 cm³/mol. The van der Waals surface area contributed by atoms with Crippen molar-refractivity contribution < 1.29 is 13.2 Å². The molecule has 0 bridgehead atoms. The van der Waals surface area contributed by atoms with Crippen LogP contribution in [0.25, 0.3) is 10.9 Å². The number of ether oxygens (including phenoxy) is 1. The second kappa shape index (κ2) is 8.62. The maximum Gasteiger partial charge on any atom is 0.243 e. The van der Waals surface area contributed by atoms with Crippen LogP contribution in [-0.4, -0.2) is 37.9 Å². The van der Waals surface area contributed by atoms with Crippen molar-refractivity contribution >= 4 is 26.7 Å². The molecule has 2 aromatic carbocycles. The van der Waals surface area contributed by atoms with Crippen molar-refractivity contribution in [1.29, 1.82) is 0 Å². The molecule has 30 heavy (non-hydrogen) atoms. The number of nitrogens with one attached hydrogen (secondary N) is 1. The van der Waals surface area contributed by atoms with Crippen molar-refractivity contribution in [3.8, 4) is 5.75 Å². The van der Waals surface area contributed by atoms with Gasteiger partial charge in [-0.15, -0.1) is 0 Å². The average Bonchev–Trinajstić information content (AvgIpc) is 2.77. The number of aromatic nitrogens is 1. The van der Waals surface area contributed by atoms with Gasteiger partial charge in [0.1, 0.15) is 11.6 Å². The zero-order chi connectivity index (χ0) is 21.1. The van der Waals surface area contributed by atoms with E-state index in [-0.39, 0.29) is 0 Å². The molecule has 0 amide bonds. The van der Waals surface area contributed by atoms with Crippen LogP contribution in [0.3, 0.4) is 0 Å².